The fourth-order valence-corrected chi connectivity index (χ4v) is 2.51. The van der Waals surface area contributed by atoms with Crippen LogP contribution in [0.25, 0.3) is 0 Å². The molecule has 0 aliphatic carbocycles. The highest BCUT2D eigenvalue weighted by atomic mass is 35.5. The van der Waals surface area contributed by atoms with Gasteiger partial charge in [-0.25, -0.2) is 4.98 Å². The molecular formula is C12H22ClN5O. The number of piperidine rings is 1. The molecular weight excluding hydrogens is 266 g/mol. The van der Waals surface area contributed by atoms with Crippen molar-refractivity contribution < 1.29 is 4.79 Å². The van der Waals surface area contributed by atoms with Gasteiger partial charge in [0.2, 0.25) is 5.91 Å². The highest BCUT2D eigenvalue weighted by Gasteiger charge is 2.28. The first-order chi connectivity index (χ1) is 8.70. The standard InChI is InChI=1S/C12H21N5O.ClH/c1-10-2-5-17(11(6-10)7-13)12(18)3-4-16-9-14-8-15-16;/h8-11H,2-7,13H2,1H3;1H. The summed E-state index contributed by atoms with van der Waals surface area (Å²) in [5, 5.41) is 3.99. The van der Waals surface area contributed by atoms with Crippen LogP contribution in [0.1, 0.15) is 26.2 Å². The SMILES string of the molecule is CC1CCN(C(=O)CCn2cncn2)C(CN)C1.Cl. The highest BCUT2D eigenvalue weighted by molar-refractivity contribution is 5.85. The number of carbonyl (C=O) groups excluding carboxylic acids is 1. The topological polar surface area (TPSA) is 77.0 Å². The Morgan fingerprint density at radius 3 is 2.95 bits per heavy atom. The van der Waals surface area contributed by atoms with Crippen LogP contribution < -0.4 is 5.73 Å². The minimum atomic E-state index is 0. The summed E-state index contributed by atoms with van der Waals surface area (Å²) in [5.74, 6) is 0.839. The minimum absolute atomic E-state index is 0. The fraction of sp³-hybridized carbons (Fsp3) is 0.750. The summed E-state index contributed by atoms with van der Waals surface area (Å²) in [6.07, 6.45) is 5.67. The van der Waals surface area contributed by atoms with Gasteiger partial charge in [0.05, 0.1) is 6.54 Å². The average Bonchev–Trinajstić information content (AvgIpc) is 2.88. The Hall–Kier alpha value is -1.14. The molecule has 0 aromatic carbocycles. The quantitative estimate of drug-likeness (QED) is 0.883. The molecule has 1 aromatic rings. The molecule has 2 atom stereocenters. The predicted molar refractivity (Wildman–Crippen MR) is 74.8 cm³/mol. The third-order valence-electron chi connectivity index (χ3n) is 3.59. The van der Waals surface area contributed by atoms with Gasteiger partial charge in [0, 0.05) is 25.6 Å². The molecule has 108 valence electrons. The van der Waals surface area contributed by atoms with Crippen molar-refractivity contribution in [2.75, 3.05) is 13.1 Å². The Bertz CT molecular complexity index is 383. The van der Waals surface area contributed by atoms with Gasteiger partial charge in [-0.15, -0.1) is 12.4 Å². The van der Waals surface area contributed by atoms with Crippen molar-refractivity contribution in [3.8, 4) is 0 Å². The van der Waals surface area contributed by atoms with Crippen molar-refractivity contribution in [1.82, 2.24) is 19.7 Å². The van der Waals surface area contributed by atoms with Crippen molar-refractivity contribution in [2.24, 2.45) is 11.7 Å². The number of halogens is 1. The number of hydrogen-bond donors (Lipinski definition) is 1. The first kappa shape index (κ1) is 15.9. The number of likely N-dealkylation sites (tertiary alicyclic amines) is 1. The third-order valence-corrected chi connectivity index (χ3v) is 3.59. The molecule has 1 aromatic heterocycles. The van der Waals surface area contributed by atoms with Crippen LogP contribution in [0.5, 0.6) is 0 Å². The number of amides is 1. The van der Waals surface area contributed by atoms with Crippen LogP contribution in [0.4, 0.5) is 0 Å². The van der Waals surface area contributed by atoms with E-state index >= 15 is 0 Å². The number of hydrogen-bond acceptors (Lipinski definition) is 4. The zero-order valence-corrected chi connectivity index (χ0v) is 12.1. The normalized spacial score (nSPS) is 22.9. The molecule has 1 aliphatic heterocycles. The molecule has 6 nitrogen and oxygen atoms in total. The number of rotatable bonds is 4. The maximum absolute atomic E-state index is 12.2. The Morgan fingerprint density at radius 2 is 2.32 bits per heavy atom. The number of aromatic nitrogens is 3. The van der Waals surface area contributed by atoms with Gasteiger partial charge in [-0.1, -0.05) is 6.92 Å². The maximum atomic E-state index is 12.2. The molecule has 1 amide bonds. The second-order valence-electron chi connectivity index (χ2n) is 5.01. The van der Waals surface area contributed by atoms with Gasteiger partial charge in [0.15, 0.2) is 0 Å². The minimum Gasteiger partial charge on any atom is -0.338 e. The van der Waals surface area contributed by atoms with E-state index in [2.05, 4.69) is 17.0 Å². The zero-order valence-electron chi connectivity index (χ0n) is 11.2. The van der Waals surface area contributed by atoms with Crippen molar-refractivity contribution in [3.05, 3.63) is 12.7 Å². The molecule has 7 heteroatoms. The first-order valence-corrected chi connectivity index (χ1v) is 6.52. The van der Waals surface area contributed by atoms with E-state index in [0.29, 0.717) is 25.4 Å². The van der Waals surface area contributed by atoms with Gasteiger partial charge in [-0.2, -0.15) is 5.10 Å². The molecule has 2 N–H and O–H groups in total. The molecule has 2 heterocycles. The molecule has 0 saturated carbocycles. The Morgan fingerprint density at radius 1 is 1.53 bits per heavy atom. The Balaban J connectivity index is 0.00000180. The van der Waals surface area contributed by atoms with E-state index in [1.165, 1.54) is 6.33 Å². The van der Waals surface area contributed by atoms with E-state index < -0.39 is 0 Å². The summed E-state index contributed by atoms with van der Waals surface area (Å²) >= 11 is 0. The van der Waals surface area contributed by atoms with Crippen LogP contribution in [0.15, 0.2) is 12.7 Å². The Labute approximate surface area is 119 Å². The lowest BCUT2D eigenvalue weighted by Gasteiger charge is -2.38. The van der Waals surface area contributed by atoms with E-state index in [1.54, 1.807) is 11.0 Å². The zero-order chi connectivity index (χ0) is 13.0. The summed E-state index contributed by atoms with van der Waals surface area (Å²) in [7, 11) is 0. The molecule has 19 heavy (non-hydrogen) atoms. The van der Waals surface area contributed by atoms with Gasteiger partial charge < -0.3 is 10.6 Å². The van der Waals surface area contributed by atoms with Gasteiger partial charge in [0.25, 0.3) is 0 Å². The molecule has 2 unspecified atom stereocenters. The van der Waals surface area contributed by atoms with Gasteiger partial charge >= 0.3 is 0 Å². The van der Waals surface area contributed by atoms with Gasteiger partial charge in [-0.05, 0) is 18.8 Å². The smallest absolute Gasteiger partial charge is 0.224 e. The first-order valence-electron chi connectivity index (χ1n) is 6.52. The van der Waals surface area contributed by atoms with Gasteiger partial charge in [-0.3, -0.25) is 9.48 Å². The molecule has 2 rings (SSSR count). The largest absolute Gasteiger partial charge is 0.338 e. The van der Waals surface area contributed by atoms with Crippen LogP contribution in [0, 0.1) is 5.92 Å². The van der Waals surface area contributed by atoms with E-state index in [-0.39, 0.29) is 24.4 Å². The summed E-state index contributed by atoms with van der Waals surface area (Å²) < 4.78 is 1.68. The summed E-state index contributed by atoms with van der Waals surface area (Å²) in [4.78, 5) is 18.0. The molecule has 1 aliphatic rings. The highest BCUT2D eigenvalue weighted by Crippen LogP contribution is 2.22. The van der Waals surface area contributed by atoms with E-state index in [0.717, 1.165) is 19.4 Å². The van der Waals surface area contributed by atoms with Gasteiger partial charge in [0.1, 0.15) is 12.7 Å². The third kappa shape index (κ3) is 4.18. The molecule has 0 spiro atoms. The van der Waals surface area contributed by atoms with Crippen molar-refractivity contribution in [3.63, 3.8) is 0 Å². The number of nitrogens with zero attached hydrogens (tertiary/aromatic N) is 4. The molecule has 0 radical (unpaired) electrons. The number of aryl methyl sites for hydroxylation is 1. The van der Waals surface area contributed by atoms with E-state index in [4.69, 9.17) is 5.73 Å². The average molecular weight is 288 g/mol. The second-order valence-corrected chi connectivity index (χ2v) is 5.01. The lowest BCUT2D eigenvalue weighted by molar-refractivity contribution is -0.135. The van der Waals surface area contributed by atoms with Crippen LogP contribution in [0.3, 0.4) is 0 Å². The predicted octanol–water partition coefficient (Wildman–Crippen LogP) is 0.676. The maximum Gasteiger partial charge on any atom is 0.224 e. The number of carbonyl (C=O) groups is 1. The van der Waals surface area contributed by atoms with Crippen LogP contribution in [0.2, 0.25) is 0 Å². The van der Waals surface area contributed by atoms with Crippen molar-refractivity contribution in [2.45, 2.75) is 38.8 Å². The molecule has 1 fully saturated rings. The van der Waals surface area contributed by atoms with Crippen molar-refractivity contribution >= 4 is 18.3 Å². The number of nitrogens with two attached hydrogens (primary N) is 1. The molecule has 1 saturated heterocycles. The summed E-state index contributed by atoms with van der Waals surface area (Å²) in [6, 6.07) is 0.206. The second kappa shape index (κ2) is 7.45. The van der Waals surface area contributed by atoms with E-state index in [1.807, 2.05) is 4.90 Å². The van der Waals surface area contributed by atoms with Crippen LogP contribution >= 0.6 is 12.4 Å². The van der Waals surface area contributed by atoms with E-state index in [9.17, 15) is 4.79 Å². The van der Waals surface area contributed by atoms with Crippen molar-refractivity contribution in [1.29, 1.82) is 0 Å². The summed E-state index contributed by atoms with van der Waals surface area (Å²) in [5.41, 5.74) is 5.76. The van der Waals surface area contributed by atoms with Crippen LogP contribution in [-0.2, 0) is 11.3 Å². The Kier molecular flexibility index (Phi) is 6.24. The fourth-order valence-electron chi connectivity index (χ4n) is 2.51. The lowest BCUT2D eigenvalue weighted by atomic mass is 9.92. The lowest BCUT2D eigenvalue weighted by Crippen LogP contribution is -2.49. The monoisotopic (exact) mass is 287 g/mol. The van der Waals surface area contributed by atoms with Crippen LogP contribution in [-0.4, -0.2) is 44.7 Å². The molecule has 0 bridgehead atoms. The summed E-state index contributed by atoms with van der Waals surface area (Å²) in [6.45, 7) is 4.20.